The highest BCUT2D eigenvalue weighted by Gasteiger charge is 2.49. The predicted molar refractivity (Wildman–Crippen MR) is 88.9 cm³/mol. The third-order valence-electron chi connectivity index (χ3n) is 6.90. The molecule has 0 amide bonds. The minimum atomic E-state index is -0.00645. The molecule has 0 heterocycles. The molecule has 0 N–H and O–H groups in total. The van der Waals surface area contributed by atoms with Crippen molar-refractivity contribution in [2.75, 3.05) is 0 Å². The molecule has 4 aliphatic rings. The van der Waals surface area contributed by atoms with Crippen LogP contribution in [-0.4, -0.2) is 0 Å². The first-order chi connectivity index (χ1) is 11.4. The first kappa shape index (κ1) is 13.5. The van der Waals surface area contributed by atoms with Crippen LogP contribution in [0.2, 0.25) is 0 Å². The summed E-state index contributed by atoms with van der Waals surface area (Å²) >= 11 is -0.00645. The van der Waals surface area contributed by atoms with E-state index in [-0.39, 0.29) is 21.2 Å². The van der Waals surface area contributed by atoms with Crippen LogP contribution < -0.4 is 21.2 Å². The predicted octanol–water partition coefficient (Wildman–Crippen LogP) is 2.54. The zero-order valence-electron chi connectivity index (χ0n) is 13.4. The Morgan fingerprint density at radius 2 is 1.26 bits per heavy atom. The molecular weight excluding hydrogens is 391 g/mol. The molecule has 4 atom stereocenters. The fourth-order valence-electron chi connectivity index (χ4n) is 5.97. The van der Waals surface area contributed by atoms with Crippen LogP contribution in [-0.2, 0) is 0 Å². The molecule has 1 heteroatoms. The summed E-state index contributed by atoms with van der Waals surface area (Å²) in [5.74, 6) is 3.66. The minimum absolute atomic E-state index is 0.00645. The highest BCUT2D eigenvalue weighted by Crippen LogP contribution is 2.59. The van der Waals surface area contributed by atoms with Gasteiger partial charge in [0.05, 0.1) is 0 Å². The summed E-state index contributed by atoms with van der Waals surface area (Å²) in [5, 5.41) is 0. The lowest BCUT2D eigenvalue weighted by Gasteiger charge is -2.22. The maximum absolute atomic E-state index is 2.70. The summed E-state index contributed by atoms with van der Waals surface area (Å²) in [6, 6.07) is 14.1. The number of rotatable bonds is 2. The van der Waals surface area contributed by atoms with Crippen molar-refractivity contribution in [1.29, 1.82) is 0 Å². The van der Waals surface area contributed by atoms with Crippen LogP contribution in [0.15, 0.2) is 36.4 Å². The lowest BCUT2D eigenvalue weighted by Crippen LogP contribution is -3.62. The van der Waals surface area contributed by atoms with Crippen molar-refractivity contribution in [3.63, 3.8) is 0 Å². The molecule has 0 unspecified atom stereocenters. The molecule has 0 radical (unpaired) electrons. The summed E-state index contributed by atoms with van der Waals surface area (Å²) in [6.45, 7) is 0. The van der Waals surface area contributed by atoms with E-state index in [1.807, 2.05) is 14.7 Å². The van der Waals surface area contributed by atoms with Crippen molar-refractivity contribution in [3.05, 3.63) is 65.8 Å². The highest BCUT2D eigenvalue weighted by molar-refractivity contribution is 5.52. The highest BCUT2D eigenvalue weighted by atomic mass is 127. The van der Waals surface area contributed by atoms with Crippen molar-refractivity contribution >= 4 is 0 Å². The number of hydrogen-bond acceptors (Lipinski definition) is 0. The zero-order chi connectivity index (χ0) is 15.0. The molecule has 2 saturated carbocycles. The van der Waals surface area contributed by atoms with Crippen LogP contribution in [0.1, 0.15) is 84.5 Å². The third-order valence-corrected chi connectivity index (χ3v) is 9.95. The molecule has 0 nitrogen and oxygen atoms in total. The van der Waals surface area contributed by atoms with E-state index >= 15 is 0 Å². The average molecular weight is 413 g/mol. The lowest BCUT2D eigenvalue weighted by molar-refractivity contribution is -0.599. The van der Waals surface area contributed by atoms with Gasteiger partial charge in [0.1, 0.15) is 0 Å². The topological polar surface area (TPSA) is 0 Å². The summed E-state index contributed by atoms with van der Waals surface area (Å²) < 4.78 is 3.51. The van der Waals surface area contributed by atoms with E-state index in [1.54, 1.807) is 14.7 Å². The zero-order valence-corrected chi connectivity index (χ0v) is 15.6. The monoisotopic (exact) mass is 413 g/mol. The molecule has 0 aromatic heterocycles. The molecule has 6 rings (SSSR count). The Balaban J connectivity index is 1.58. The Morgan fingerprint density at radius 3 is 1.87 bits per heavy atom. The van der Waals surface area contributed by atoms with Crippen molar-refractivity contribution < 1.29 is 21.2 Å². The smallest absolute Gasteiger partial charge is 0.0619 e. The summed E-state index contributed by atoms with van der Waals surface area (Å²) in [6.07, 6.45) is 8.81. The quantitative estimate of drug-likeness (QED) is 0.664. The number of hydrogen-bond donors (Lipinski definition) is 0. The molecule has 2 aromatic carbocycles. The van der Waals surface area contributed by atoms with Gasteiger partial charge in [-0.2, -0.15) is 0 Å². The fourth-order valence-corrected chi connectivity index (χ4v) is 9.45. The van der Waals surface area contributed by atoms with Gasteiger partial charge in [-0.15, -0.1) is 0 Å². The van der Waals surface area contributed by atoms with Crippen molar-refractivity contribution in [2.45, 2.75) is 62.2 Å². The second-order valence-electron chi connectivity index (χ2n) is 8.00. The molecule has 2 aromatic rings. The van der Waals surface area contributed by atoms with Gasteiger partial charge in [0.15, 0.2) is 3.57 Å². The third kappa shape index (κ3) is 1.83. The Morgan fingerprint density at radius 1 is 0.696 bits per heavy atom. The fraction of sp³-hybridized carbons (Fsp3) is 0.455. The Labute approximate surface area is 149 Å². The van der Waals surface area contributed by atoms with Gasteiger partial charge < -0.3 is 0 Å². The van der Waals surface area contributed by atoms with Gasteiger partial charge in [-0.1, -0.05) is 24.3 Å². The first-order valence-corrected chi connectivity index (χ1v) is 11.4. The van der Waals surface area contributed by atoms with Crippen molar-refractivity contribution in [1.82, 2.24) is 0 Å². The molecule has 4 aliphatic carbocycles. The second kappa shape index (κ2) is 4.84. The van der Waals surface area contributed by atoms with Gasteiger partial charge in [0, 0.05) is 11.1 Å². The average Bonchev–Trinajstić information content (AvgIpc) is 3.36. The van der Waals surface area contributed by atoms with Gasteiger partial charge in [0.25, 0.3) is 0 Å². The Kier molecular flexibility index (Phi) is 2.83. The van der Waals surface area contributed by atoms with Gasteiger partial charge in [-0.25, -0.2) is 0 Å². The van der Waals surface area contributed by atoms with Gasteiger partial charge in [0.2, 0.25) is 3.57 Å². The standard InChI is InChI=1S/C22H22I/c1-2-4-17(5-3-1)23-22-20-15-8-6-13(10-15)18(20)12-19-14-7-9-16(11-14)21(19)22/h1-5,12-16H,6-11H2/q+1/t13-,14-,15+,16+/m1/s1. The summed E-state index contributed by atoms with van der Waals surface area (Å²) in [5.41, 5.74) is 7.34. The largest absolute Gasteiger partial charge is 0.358 e. The van der Waals surface area contributed by atoms with Crippen LogP contribution in [0.25, 0.3) is 0 Å². The normalized spacial score (nSPS) is 32.3. The molecule has 0 spiro atoms. The van der Waals surface area contributed by atoms with Crippen LogP contribution in [0, 0.1) is 7.14 Å². The minimum Gasteiger partial charge on any atom is -0.0619 e. The van der Waals surface area contributed by atoms with Gasteiger partial charge in [-0.05, 0) is 85.5 Å². The van der Waals surface area contributed by atoms with E-state index in [0.717, 1.165) is 23.7 Å². The number of halogens is 1. The maximum atomic E-state index is 2.70. The molecule has 116 valence electrons. The molecule has 0 saturated heterocycles. The SMILES string of the molecule is c1ccc([I+]c2c3c(cc4c2[C@H]2CC[C@@H]4C2)[C@@H]2CC[C@H]3C2)cc1. The van der Waals surface area contributed by atoms with E-state index < -0.39 is 0 Å². The molecule has 0 aliphatic heterocycles. The molecule has 23 heavy (non-hydrogen) atoms. The first-order valence-electron chi connectivity index (χ1n) is 9.29. The Hall–Kier alpha value is -0.830. The number of fused-ring (bicyclic) bond motifs is 10. The van der Waals surface area contributed by atoms with Crippen LogP contribution in [0.4, 0.5) is 0 Å². The van der Waals surface area contributed by atoms with E-state index in [0.29, 0.717) is 0 Å². The number of benzene rings is 2. The molecule has 4 bridgehead atoms. The van der Waals surface area contributed by atoms with E-state index in [1.165, 1.54) is 38.5 Å². The van der Waals surface area contributed by atoms with E-state index in [9.17, 15) is 0 Å². The van der Waals surface area contributed by atoms with E-state index in [4.69, 9.17) is 0 Å². The van der Waals surface area contributed by atoms with Crippen molar-refractivity contribution in [2.24, 2.45) is 0 Å². The second-order valence-corrected chi connectivity index (χ2v) is 10.9. The molecule has 2 fully saturated rings. The summed E-state index contributed by atoms with van der Waals surface area (Å²) in [4.78, 5) is 0. The van der Waals surface area contributed by atoms with Gasteiger partial charge >= 0.3 is 21.2 Å². The summed E-state index contributed by atoms with van der Waals surface area (Å²) in [7, 11) is 0. The maximum Gasteiger partial charge on any atom is 0.358 e. The lowest BCUT2D eigenvalue weighted by atomic mass is 9.83. The molecular formula is C22H22I+. The van der Waals surface area contributed by atoms with Crippen LogP contribution >= 0.6 is 0 Å². The Bertz CT molecular complexity index is 747. The van der Waals surface area contributed by atoms with Gasteiger partial charge in [-0.3, -0.25) is 0 Å². The van der Waals surface area contributed by atoms with E-state index in [2.05, 4.69) is 36.4 Å². The van der Waals surface area contributed by atoms with Crippen LogP contribution in [0.5, 0.6) is 0 Å². The van der Waals surface area contributed by atoms with Crippen LogP contribution in [0.3, 0.4) is 0 Å². The van der Waals surface area contributed by atoms with Crippen molar-refractivity contribution in [3.8, 4) is 0 Å².